The molecule has 2 atom stereocenters. The van der Waals surface area contributed by atoms with Crippen molar-refractivity contribution >= 4 is 11.9 Å². The van der Waals surface area contributed by atoms with Gasteiger partial charge in [-0.3, -0.25) is 14.7 Å². The third kappa shape index (κ3) is 2.83. The molecule has 3 N–H and O–H groups in total. The Balaban J connectivity index is 2.77. The number of carboxylic acids is 1. The molecule has 0 fully saturated rings. The maximum absolute atomic E-state index is 11.9. The first-order valence-corrected chi connectivity index (χ1v) is 5.39. The lowest BCUT2D eigenvalue weighted by atomic mass is 10.0. The lowest BCUT2D eigenvalue weighted by Gasteiger charge is -2.17. The van der Waals surface area contributed by atoms with Crippen molar-refractivity contribution in [3.05, 3.63) is 17.0 Å². The molecular formula is C11H17N3O3. The molecule has 6 nitrogen and oxygen atoms in total. The Morgan fingerprint density at radius 1 is 1.35 bits per heavy atom. The number of nitrogens with one attached hydrogen (secondary N) is 2. The molecule has 0 aliphatic heterocycles. The van der Waals surface area contributed by atoms with E-state index in [9.17, 15) is 9.59 Å². The van der Waals surface area contributed by atoms with Crippen LogP contribution in [0.3, 0.4) is 0 Å². The lowest BCUT2D eigenvalue weighted by molar-refractivity contribution is -0.141. The minimum atomic E-state index is -0.932. The Morgan fingerprint density at radius 2 is 1.94 bits per heavy atom. The van der Waals surface area contributed by atoms with Crippen LogP contribution in [-0.2, 0) is 4.79 Å². The minimum Gasteiger partial charge on any atom is -0.481 e. The highest BCUT2D eigenvalue weighted by molar-refractivity contribution is 5.96. The van der Waals surface area contributed by atoms with Gasteiger partial charge in [0.2, 0.25) is 0 Å². The second-order valence-corrected chi connectivity index (χ2v) is 4.20. The third-order valence-corrected chi connectivity index (χ3v) is 2.85. The number of aromatic amines is 1. The summed E-state index contributed by atoms with van der Waals surface area (Å²) < 4.78 is 0. The molecule has 0 aliphatic carbocycles. The zero-order chi connectivity index (χ0) is 13.2. The number of carboxylic acid groups (broad SMARTS) is 1. The van der Waals surface area contributed by atoms with Crippen LogP contribution in [0.2, 0.25) is 0 Å². The van der Waals surface area contributed by atoms with E-state index in [1.807, 2.05) is 0 Å². The monoisotopic (exact) mass is 239 g/mol. The summed E-state index contributed by atoms with van der Waals surface area (Å²) in [6.45, 7) is 6.70. The van der Waals surface area contributed by atoms with Crippen molar-refractivity contribution in [1.29, 1.82) is 0 Å². The summed E-state index contributed by atoms with van der Waals surface area (Å²) in [6.07, 6.45) is 0. The highest BCUT2D eigenvalue weighted by Crippen LogP contribution is 2.10. The summed E-state index contributed by atoms with van der Waals surface area (Å²) >= 11 is 0. The summed E-state index contributed by atoms with van der Waals surface area (Å²) in [5, 5.41) is 18.1. The van der Waals surface area contributed by atoms with Crippen LogP contribution in [0, 0.1) is 19.8 Å². The van der Waals surface area contributed by atoms with Crippen LogP contribution in [-0.4, -0.2) is 33.2 Å². The Labute approximate surface area is 99.4 Å². The maximum Gasteiger partial charge on any atom is 0.308 e. The van der Waals surface area contributed by atoms with Crippen molar-refractivity contribution < 1.29 is 14.7 Å². The first kappa shape index (κ1) is 13.2. The van der Waals surface area contributed by atoms with Gasteiger partial charge in [0.25, 0.3) is 5.91 Å². The zero-order valence-electron chi connectivity index (χ0n) is 10.4. The fourth-order valence-electron chi connectivity index (χ4n) is 1.50. The number of amides is 1. The highest BCUT2D eigenvalue weighted by Gasteiger charge is 2.23. The molecule has 1 heterocycles. The van der Waals surface area contributed by atoms with Crippen molar-refractivity contribution in [3.63, 3.8) is 0 Å². The van der Waals surface area contributed by atoms with E-state index in [0.717, 1.165) is 0 Å². The van der Waals surface area contributed by atoms with Crippen molar-refractivity contribution in [3.8, 4) is 0 Å². The predicted octanol–water partition coefficient (Wildman–Crippen LogP) is 0.866. The van der Waals surface area contributed by atoms with Gasteiger partial charge in [0, 0.05) is 11.7 Å². The van der Waals surface area contributed by atoms with Gasteiger partial charge >= 0.3 is 5.97 Å². The van der Waals surface area contributed by atoms with Crippen LogP contribution in [0.5, 0.6) is 0 Å². The Bertz CT molecular complexity index is 420. The quantitative estimate of drug-likeness (QED) is 0.726. The molecule has 0 aromatic carbocycles. The topological polar surface area (TPSA) is 95.1 Å². The first-order chi connectivity index (χ1) is 7.84. The van der Waals surface area contributed by atoms with Crippen LogP contribution in [0.4, 0.5) is 0 Å². The van der Waals surface area contributed by atoms with Crippen molar-refractivity contribution in [2.75, 3.05) is 0 Å². The normalized spacial score (nSPS) is 14.1. The predicted molar refractivity (Wildman–Crippen MR) is 61.8 cm³/mol. The minimum absolute atomic E-state index is 0.297. The number of aromatic nitrogens is 2. The van der Waals surface area contributed by atoms with Gasteiger partial charge in [-0.15, -0.1) is 0 Å². The number of nitrogens with zero attached hydrogens (tertiary/aromatic N) is 1. The van der Waals surface area contributed by atoms with Gasteiger partial charge in [0.1, 0.15) is 0 Å². The molecule has 1 aromatic rings. The summed E-state index contributed by atoms with van der Waals surface area (Å²) in [5.74, 6) is -1.86. The molecule has 1 rings (SSSR count). The van der Waals surface area contributed by atoms with E-state index >= 15 is 0 Å². The maximum atomic E-state index is 11.9. The van der Waals surface area contributed by atoms with Gasteiger partial charge in [0.05, 0.1) is 17.2 Å². The van der Waals surface area contributed by atoms with E-state index in [0.29, 0.717) is 17.0 Å². The number of H-pyrrole nitrogens is 1. The molecular weight excluding hydrogens is 222 g/mol. The van der Waals surface area contributed by atoms with E-state index in [-0.39, 0.29) is 5.91 Å². The van der Waals surface area contributed by atoms with Crippen molar-refractivity contribution in [1.82, 2.24) is 15.5 Å². The van der Waals surface area contributed by atoms with Crippen LogP contribution in [0.1, 0.15) is 35.6 Å². The van der Waals surface area contributed by atoms with Gasteiger partial charge in [-0.2, -0.15) is 5.10 Å². The summed E-state index contributed by atoms with van der Waals surface area (Å²) in [6, 6.07) is -0.436. The number of aliphatic carboxylic acids is 1. The number of carbonyl (C=O) groups is 2. The molecule has 17 heavy (non-hydrogen) atoms. The average molecular weight is 239 g/mol. The Morgan fingerprint density at radius 3 is 2.35 bits per heavy atom. The molecule has 1 amide bonds. The average Bonchev–Trinajstić information content (AvgIpc) is 2.56. The molecule has 6 heteroatoms. The summed E-state index contributed by atoms with van der Waals surface area (Å²) in [7, 11) is 0. The number of carbonyl (C=O) groups excluding carboxylic acids is 1. The number of hydrogen-bond donors (Lipinski definition) is 3. The van der Waals surface area contributed by atoms with Crippen LogP contribution in [0.15, 0.2) is 0 Å². The largest absolute Gasteiger partial charge is 0.481 e. The number of aryl methyl sites for hydroxylation is 2. The molecule has 0 aliphatic rings. The fraction of sp³-hybridized carbons (Fsp3) is 0.545. The first-order valence-electron chi connectivity index (χ1n) is 5.39. The smallest absolute Gasteiger partial charge is 0.308 e. The zero-order valence-corrected chi connectivity index (χ0v) is 10.4. The molecule has 0 radical (unpaired) electrons. The van der Waals surface area contributed by atoms with Crippen LogP contribution in [0.25, 0.3) is 0 Å². The van der Waals surface area contributed by atoms with Crippen molar-refractivity contribution in [2.24, 2.45) is 5.92 Å². The molecule has 2 unspecified atom stereocenters. The van der Waals surface area contributed by atoms with Gasteiger partial charge in [-0.1, -0.05) is 0 Å². The highest BCUT2D eigenvalue weighted by atomic mass is 16.4. The second kappa shape index (κ2) is 4.99. The van der Waals surface area contributed by atoms with E-state index < -0.39 is 17.9 Å². The lowest BCUT2D eigenvalue weighted by Crippen LogP contribution is -2.40. The Hall–Kier alpha value is -1.85. The summed E-state index contributed by atoms with van der Waals surface area (Å²) in [5.41, 5.74) is 1.76. The van der Waals surface area contributed by atoms with E-state index in [1.54, 1.807) is 27.7 Å². The SMILES string of the molecule is Cc1n[nH]c(C)c1C(=O)NC(C)C(C)C(=O)O. The Kier molecular flexibility index (Phi) is 3.88. The van der Waals surface area contributed by atoms with E-state index in [2.05, 4.69) is 15.5 Å². The van der Waals surface area contributed by atoms with Crippen LogP contribution < -0.4 is 5.32 Å². The van der Waals surface area contributed by atoms with E-state index in [4.69, 9.17) is 5.11 Å². The molecule has 0 spiro atoms. The van der Waals surface area contributed by atoms with Gasteiger partial charge in [-0.05, 0) is 27.7 Å². The number of rotatable bonds is 4. The molecule has 0 saturated carbocycles. The van der Waals surface area contributed by atoms with Gasteiger partial charge < -0.3 is 10.4 Å². The van der Waals surface area contributed by atoms with Gasteiger partial charge in [-0.25, -0.2) is 0 Å². The molecule has 1 aromatic heterocycles. The van der Waals surface area contributed by atoms with Crippen LogP contribution >= 0.6 is 0 Å². The summed E-state index contributed by atoms with van der Waals surface area (Å²) in [4.78, 5) is 22.7. The van der Waals surface area contributed by atoms with E-state index in [1.165, 1.54) is 0 Å². The molecule has 0 saturated heterocycles. The number of hydrogen-bond acceptors (Lipinski definition) is 3. The standard InChI is InChI=1S/C11H17N3O3/c1-5(11(16)17)6(2)12-10(15)9-7(3)13-14-8(9)4/h5-6H,1-4H3,(H,12,15)(H,13,14)(H,16,17). The molecule has 0 bridgehead atoms. The second-order valence-electron chi connectivity index (χ2n) is 4.20. The fourth-order valence-corrected chi connectivity index (χ4v) is 1.50. The van der Waals surface area contributed by atoms with Gasteiger partial charge in [0.15, 0.2) is 0 Å². The third-order valence-electron chi connectivity index (χ3n) is 2.85. The molecule has 94 valence electrons. The van der Waals surface area contributed by atoms with Crippen molar-refractivity contribution in [2.45, 2.75) is 33.7 Å².